The molecule has 0 aromatic heterocycles. The van der Waals surface area contributed by atoms with Crippen molar-refractivity contribution in [2.45, 2.75) is 30.2 Å². The van der Waals surface area contributed by atoms with E-state index in [0.29, 0.717) is 5.32 Å². The van der Waals surface area contributed by atoms with Gasteiger partial charge in [-0.15, -0.1) is 0 Å². The average molecular weight is 311 g/mol. The van der Waals surface area contributed by atoms with Crippen molar-refractivity contribution in [3.8, 4) is 0 Å². The second kappa shape index (κ2) is 8.19. The van der Waals surface area contributed by atoms with E-state index in [-0.39, 0.29) is 25.2 Å². The number of nitrogens with one attached hydrogen (secondary N) is 1. The first-order valence-electron chi connectivity index (χ1n) is 4.95. The number of carboxylic acid groups (broad SMARTS) is 2. The van der Waals surface area contributed by atoms with E-state index in [1.54, 1.807) is 0 Å². The zero-order chi connectivity index (χ0) is 13.4. The molecule has 0 rings (SSSR count). The fourth-order valence-corrected chi connectivity index (χ4v) is 1.59. The van der Waals surface area contributed by atoms with Crippen molar-refractivity contribution < 1.29 is 24.6 Å². The number of carbonyl (C=O) groups excluding carboxylic acids is 1. The fraction of sp³-hybridized carbons (Fsp3) is 0.667. The second-order valence-corrected chi connectivity index (χ2v) is 4.24. The molecular weight excluding hydrogens is 295 g/mol. The number of nitrogens with two attached hydrogens (primary N) is 1. The van der Waals surface area contributed by atoms with E-state index in [1.165, 1.54) is 0 Å². The molecule has 5 N–H and O–H groups in total. The summed E-state index contributed by atoms with van der Waals surface area (Å²) in [6.45, 7) is -0.0962. The van der Waals surface area contributed by atoms with Crippen molar-refractivity contribution in [2.75, 3.05) is 6.54 Å². The first kappa shape index (κ1) is 16.0. The van der Waals surface area contributed by atoms with E-state index < -0.39 is 24.0 Å². The van der Waals surface area contributed by atoms with Gasteiger partial charge in [0.1, 0.15) is 0 Å². The third kappa shape index (κ3) is 7.06. The summed E-state index contributed by atoms with van der Waals surface area (Å²) in [5.41, 5.74) is 5.23. The fourth-order valence-electron chi connectivity index (χ4n) is 0.995. The quantitative estimate of drug-likeness (QED) is 0.366. The first-order valence-corrected chi connectivity index (χ1v) is 6.28. The van der Waals surface area contributed by atoms with Crippen molar-refractivity contribution in [3.05, 3.63) is 0 Å². The topological polar surface area (TPSA) is 130 Å². The maximum atomic E-state index is 11.3. The molecule has 0 saturated carbocycles. The molecule has 0 aromatic rings. The molecule has 7 nitrogen and oxygen atoms in total. The summed E-state index contributed by atoms with van der Waals surface area (Å²) in [5, 5.41) is 20.1. The zero-order valence-electron chi connectivity index (χ0n) is 9.13. The van der Waals surface area contributed by atoms with Crippen LogP contribution in [-0.4, -0.2) is 62.6 Å². The molecule has 0 fully saturated rings. The van der Waals surface area contributed by atoms with Crippen molar-refractivity contribution >= 4 is 33.7 Å². The van der Waals surface area contributed by atoms with E-state index >= 15 is 0 Å². The van der Waals surface area contributed by atoms with Crippen LogP contribution in [0.4, 0.5) is 0 Å². The number of Topliss-reactive ketones (excluding diaryl/α,β-unsaturated/α-hetero) is 1. The number of ketones is 1. The van der Waals surface area contributed by atoms with Crippen LogP contribution in [0.5, 0.6) is 0 Å². The molecule has 0 aliphatic carbocycles. The number of rotatable bonds is 9. The predicted octanol–water partition coefficient (Wildman–Crippen LogP) is -1.89. The van der Waals surface area contributed by atoms with Gasteiger partial charge in [0.05, 0.1) is 0 Å². The Morgan fingerprint density at radius 1 is 1.24 bits per heavy atom. The van der Waals surface area contributed by atoms with Gasteiger partial charge < -0.3 is 0 Å². The number of aliphatic carboxylic acids is 2. The van der Waals surface area contributed by atoms with Gasteiger partial charge in [-0.1, -0.05) is 0 Å². The van der Waals surface area contributed by atoms with Gasteiger partial charge in [0.25, 0.3) is 0 Å². The Kier molecular flexibility index (Phi) is 7.73. The summed E-state index contributed by atoms with van der Waals surface area (Å²) in [5.74, 6) is -2.44. The molecule has 0 aromatic carbocycles. The molecule has 0 spiro atoms. The SMILES string of the molecule is N[C@@H](CCC(=O)CN[C@@H](C[SeH])C(=O)O)C(=O)O. The predicted molar refractivity (Wildman–Crippen MR) is 61.2 cm³/mol. The molecule has 2 atom stereocenters. The van der Waals surface area contributed by atoms with Crippen LogP contribution in [0.2, 0.25) is 5.32 Å². The normalized spacial score (nSPS) is 14.0. The van der Waals surface area contributed by atoms with Gasteiger partial charge in [-0.3, -0.25) is 0 Å². The molecule has 98 valence electrons. The number of carbonyl (C=O) groups is 3. The van der Waals surface area contributed by atoms with Crippen molar-refractivity contribution in [2.24, 2.45) is 5.73 Å². The Morgan fingerprint density at radius 3 is 2.24 bits per heavy atom. The number of hydrogen-bond acceptors (Lipinski definition) is 5. The summed E-state index contributed by atoms with van der Waals surface area (Å²) in [6.07, 6.45) is 0.0706. The maximum absolute atomic E-state index is 11.3. The van der Waals surface area contributed by atoms with Crippen LogP contribution in [0.25, 0.3) is 0 Å². The van der Waals surface area contributed by atoms with Crippen LogP contribution >= 0.6 is 0 Å². The van der Waals surface area contributed by atoms with Crippen LogP contribution in [0, 0.1) is 0 Å². The van der Waals surface area contributed by atoms with Gasteiger partial charge in [-0.25, -0.2) is 0 Å². The summed E-state index contributed by atoms with van der Waals surface area (Å²) < 4.78 is 0. The summed E-state index contributed by atoms with van der Waals surface area (Å²) in [4.78, 5) is 32.3. The molecule has 0 bridgehead atoms. The van der Waals surface area contributed by atoms with Gasteiger partial charge in [-0.05, 0) is 0 Å². The average Bonchev–Trinajstić information content (AvgIpc) is 2.25. The summed E-state index contributed by atoms with van der Waals surface area (Å²) in [7, 11) is 0. The Hall–Kier alpha value is -0.951. The Morgan fingerprint density at radius 2 is 1.82 bits per heavy atom. The molecule has 0 heterocycles. The van der Waals surface area contributed by atoms with Gasteiger partial charge >= 0.3 is 106 Å². The molecule has 0 saturated heterocycles. The van der Waals surface area contributed by atoms with E-state index in [2.05, 4.69) is 21.3 Å². The van der Waals surface area contributed by atoms with Crippen LogP contribution in [0.1, 0.15) is 12.8 Å². The summed E-state index contributed by atoms with van der Waals surface area (Å²) in [6, 6.07) is -1.84. The molecule has 0 aliphatic heterocycles. The van der Waals surface area contributed by atoms with Gasteiger partial charge in [0.15, 0.2) is 0 Å². The van der Waals surface area contributed by atoms with Crippen molar-refractivity contribution in [3.63, 3.8) is 0 Å². The molecule has 0 amide bonds. The van der Waals surface area contributed by atoms with Crippen LogP contribution < -0.4 is 11.1 Å². The van der Waals surface area contributed by atoms with Gasteiger partial charge in [0, 0.05) is 0 Å². The molecule has 17 heavy (non-hydrogen) atoms. The molecular formula is C9H16N2O5Se. The number of hydrogen-bond donors (Lipinski definition) is 4. The third-order valence-electron chi connectivity index (χ3n) is 2.08. The van der Waals surface area contributed by atoms with Gasteiger partial charge in [0.2, 0.25) is 0 Å². The van der Waals surface area contributed by atoms with Gasteiger partial charge in [-0.2, -0.15) is 0 Å². The molecule has 0 unspecified atom stereocenters. The van der Waals surface area contributed by atoms with Crippen LogP contribution in [0.3, 0.4) is 0 Å². The molecule has 0 radical (unpaired) electrons. The van der Waals surface area contributed by atoms with Crippen molar-refractivity contribution in [1.29, 1.82) is 0 Å². The van der Waals surface area contributed by atoms with E-state index in [9.17, 15) is 14.4 Å². The van der Waals surface area contributed by atoms with E-state index in [4.69, 9.17) is 15.9 Å². The minimum absolute atomic E-state index is 0.0192. The van der Waals surface area contributed by atoms with E-state index in [1.807, 2.05) is 0 Å². The Labute approximate surface area is 107 Å². The minimum atomic E-state index is -1.15. The third-order valence-corrected chi connectivity index (χ3v) is 2.84. The standard InChI is InChI=1S/C9H16N2O5Se/c10-6(8(13)14)2-1-5(12)3-11-7(4-17)9(15)16/h6-7,11,17H,1-4,10H2,(H,13,14)(H,15,16)/t6-,7-/m0/s1. The molecule has 8 heteroatoms. The second-order valence-electron chi connectivity index (χ2n) is 3.48. The Bertz CT molecular complexity index is 297. The first-order chi connectivity index (χ1) is 7.88. The monoisotopic (exact) mass is 312 g/mol. The van der Waals surface area contributed by atoms with Crippen LogP contribution in [0.15, 0.2) is 0 Å². The zero-order valence-corrected chi connectivity index (χ0v) is 11.0. The number of carboxylic acids is 2. The Balaban J connectivity index is 3.87. The van der Waals surface area contributed by atoms with E-state index in [0.717, 1.165) is 0 Å². The van der Waals surface area contributed by atoms with Crippen molar-refractivity contribution in [1.82, 2.24) is 5.32 Å². The summed E-state index contributed by atoms with van der Waals surface area (Å²) >= 11 is 2.13. The van der Waals surface area contributed by atoms with Crippen LogP contribution in [-0.2, 0) is 14.4 Å². The molecule has 0 aliphatic rings.